The zero-order chi connectivity index (χ0) is 13.9. The molecule has 0 aliphatic rings. The number of aromatic carboxylic acids is 1. The van der Waals surface area contributed by atoms with Crippen molar-refractivity contribution in [3.05, 3.63) is 11.2 Å². The standard InChI is InChI=1S/C8H12N2O5S3/c1-5(17(2)13)3-10-18(14,15)8-6(7(11)12)9-4-16-8/h4-5,10H,3H2,1-2H3,(H,11,12). The molecule has 0 fully saturated rings. The van der Waals surface area contributed by atoms with Gasteiger partial charge in [-0.05, 0) is 6.92 Å². The van der Waals surface area contributed by atoms with Gasteiger partial charge >= 0.3 is 5.97 Å². The van der Waals surface area contributed by atoms with Gasteiger partial charge in [-0.2, -0.15) is 0 Å². The third-order valence-corrected chi connectivity index (χ3v) is 6.20. The molecule has 0 radical (unpaired) electrons. The summed E-state index contributed by atoms with van der Waals surface area (Å²) >= 11 is 0.727. The fraction of sp³-hybridized carbons (Fsp3) is 0.500. The van der Waals surface area contributed by atoms with Crippen molar-refractivity contribution in [2.24, 2.45) is 0 Å². The van der Waals surface area contributed by atoms with Gasteiger partial charge in [0.05, 0.1) is 5.51 Å². The van der Waals surface area contributed by atoms with E-state index in [9.17, 15) is 17.4 Å². The summed E-state index contributed by atoms with van der Waals surface area (Å²) in [5.74, 6) is -1.40. The lowest BCUT2D eigenvalue weighted by Gasteiger charge is -2.09. The third kappa shape index (κ3) is 3.57. The fourth-order valence-corrected chi connectivity index (χ4v) is 3.72. The molecule has 1 heterocycles. The van der Waals surface area contributed by atoms with Crippen LogP contribution >= 0.6 is 11.3 Å². The molecule has 0 aliphatic carbocycles. The minimum absolute atomic E-state index is 0.0254. The number of carbonyl (C=O) groups is 1. The average molecular weight is 312 g/mol. The number of nitrogens with one attached hydrogen (secondary N) is 1. The summed E-state index contributed by atoms with van der Waals surface area (Å²) in [6.45, 7) is 1.60. The molecule has 1 rings (SSSR count). The zero-order valence-corrected chi connectivity index (χ0v) is 12.1. The average Bonchev–Trinajstić information content (AvgIpc) is 2.75. The van der Waals surface area contributed by atoms with Gasteiger partial charge < -0.3 is 5.11 Å². The van der Waals surface area contributed by atoms with Crippen LogP contribution in [-0.4, -0.2) is 46.7 Å². The van der Waals surface area contributed by atoms with E-state index in [1.807, 2.05) is 0 Å². The quantitative estimate of drug-likeness (QED) is 0.757. The Labute approximate surface area is 111 Å². The zero-order valence-electron chi connectivity index (χ0n) is 9.61. The van der Waals surface area contributed by atoms with E-state index in [1.165, 1.54) is 6.26 Å². The van der Waals surface area contributed by atoms with Crippen molar-refractivity contribution in [2.75, 3.05) is 12.8 Å². The van der Waals surface area contributed by atoms with Gasteiger partial charge in [0.25, 0.3) is 10.0 Å². The van der Waals surface area contributed by atoms with Gasteiger partial charge in [0.2, 0.25) is 0 Å². The molecule has 0 saturated heterocycles. The highest BCUT2D eigenvalue weighted by Gasteiger charge is 2.26. The van der Waals surface area contributed by atoms with Crippen molar-refractivity contribution in [3.63, 3.8) is 0 Å². The van der Waals surface area contributed by atoms with Crippen LogP contribution < -0.4 is 4.72 Å². The van der Waals surface area contributed by atoms with Crippen molar-refractivity contribution < 1.29 is 22.5 Å². The van der Waals surface area contributed by atoms with Gasteiger partial charge in [-0.25, -0.2) is 22.9 Å². The largest absolute Gasteiger partial charge is 0.476 e. The van der Waals surface area contributed by atoms with Crippen LogP contribution in [-0.2, 0) is 20.8 Å². The van der Waals surface area contributed by atoms with E-state index in [1.54, 1.807) is 6.92 Å². The smallest absolute Gasteiger partial charge is 0.356 e. The van der Waals surface area contributed by atoms with Crippen LogP contribution in [0, 0.1) is 0 Å². The molecule has 0 aliphatic heterocycles. The lowest BCUT2D eigenvalue weighted by Crippen LogP contribution is -2.32. The maximum absolute atomic E-state index is 11.8. The molecule has 0 saturated carbocycles. The van der Waals surface area contributed by atoms with Crippen LogP contribution in [0.1, 0.15) is 17.4 Å². The minimum atomic E-state index is -3.93. The van der Waals surface area contributed by atoms with E-state index in [-0.39, 0.29) is 16.0 Å². The highest BCUT2D eigenvalue weighted by atomic mass is 32.2. The molecule has 102 valence electrons. The summed E-state index contributed by atoms with van der Waals surface area (Å²) < 4.78 is 36.7. The molecule has 0 aromatic carbocycles. The summed E-state index contributed by atoms with van der Waals surface area (Å²) in [6, 6.07) is 0. The first-order valence-electron chi connectivity index (χ1n) is 4.74. The molecule has 18 heavy (non-hydrogen) atoms. The number of thiazole rings is 1. The first-order chi connectivity index (χ1) is 8.25. The topological polar surface area (TPSA) is 113 Å². The van der Waals surface area contributed by atoms with Crippen molar-refractivity contribution in [2.45, 2.75) is 16.4 Å². The first-order valence-corrected chi connectivity index (χ1v) is 8.72. The van der Waals surface area contributed by atoms with Crippen molar-refractivity contribution in [1.82, 2.24) is 9.71 Å². The fourth-order valence-electron chi connectivity index (χ4n) is 0.979. The SMILES string of the molecule is CC(CNS(=O)(=O)c1scnc1C(=O)O)S(C)=O. The van der Waals surface area contributed by atoms with Gasteiger partial charge in [-0.3, -0.25) is 4.21 Å². The molecule has 1 aromatic rings. The van der Waals surface area contributed by atoms with E-state index in [2.05, 4.69) is 9.71 Å². The lowest BCUT2D eigenvalue weighted by atomic mass is 10.5. The molecule has 7 nitrogen and oxygen atoms in total. The van der Waals surface area contributed by atoms with E-state index in [0.29, 0.717) is 0 Å². The Balaban J connectivity index is 2.90. The monoisotopic (exact) mass is 312 g/mol. The highest BCUT2D eigenvalue weighted by Crippen LogP contribution is 2.19. The Hall–Kier alpha value is -0.840. The van der Waals surface area contributed by atoms with E-state index in [4.69, 9.17) is 5.11 Å². The third-order valence-electron chi connectivity index (χ3n) is 2.11. The van der Waals surface area contributed by atoms with Gasteiger partial charge in [0, 0.05) is 28.9 Å². The minimum Gasteiger partial charge on any atom is -0.476 e. The molecule has 0 amide bonds. The maximum Gasteiger partial charge on any atom is 0.356 e. The number of hydrogen-bond donors (Lipinski definition) is 2. The molecule has 2 unspecified atom stereocenters. The summed E-state index contributed by atoms with van der Waals surface area (Å²) in [6.07, 6.45) is 1.47. The van der Waals surface area contributed by atoms with Gasteiger partial charge in [-0.15, -0.1) is 11.3 Å². The molecular formula is C8H12N2O5S3. The lowest BCUT2D eigenvalue weighted by molar-refractivity contribution is 0.0687. The number of carboxylic acids is 1. The predicted octanol–water partition coefficient (Wildman–Crippen LogP) is -0.113. The molecule has 0 bridgehead atoms. The van der Waals surface area contributed by atoms with E-state index >= 15 is 0 Å². The Kier molecular flexibility index (Phi) is 4.96. The number of sulfonamides is 1. The summed E-state index contributed by atoms with van der Waals surface area (Å²) in [5, 5.41) is 8.43. The second-order valence-corrected chi connectivity index (χ2v) is 8.07. The molecular weight excluding hydrogens is 300 g/mol. The van der Waals surface area contributed by atoms with Gasteiger partial charge in [0.15, 0.2) is 9.90 Å². The Morgan fingerprint density at radius 3 is 2.78 bits per heavy atom. The van der Waals surface area contributed by atoms with Crippen LogP contribution in [0.3, 0.4) is 0 Å². The van der Waals surface area contributed by atoms with Crippen molar-refractivity contribution in [3.8, 4) is 0 Å². The number of hydrogen-bond acceptors (Lipinski definition) is 6. The highest BCUT2D eigenvalue weighted by molar-refractivity contribution is 7.91. The van der Waals surface area contributed by atoms with E-state index in [0.717, 1.165) is 16.8 Å². The van der Waals surface area contributed by atoms with Crippen LogP contribution in [0.25, 0.3) is 0 Å². The Morgan fingerprint density at radius 2 is 2.28 bits per heavy atom. The predicted molar refractivity (Wildman–Crippen MR) is 67.8 cm³/mol. The Bertz CT molecular complexity index is 565. The number of rotatable bonds is 6. The molecule has 2 N–H and O–H groups in total. The van der Waals surface area contributed by atoms with Crippen LogP contribution in [0.15, 0.2) is 9.72 Å². The van der Waals surface area contributed by atoms with Crippen molar-refractivity contribution in [1.29, 1.82) is 0 Å². The van der Waals surface area contributed by atoms with Crippen LogP contribution in [0.5, 0.6) is 0 Å². The van der Waals surface area contributed by atoms with Crippen LogP contribution in [0.2, 0.25) is 0 Å². The maximum atomic E-state index is 11.8. The number of nitrogens with zero attached hydrogens (tertiary/aromatic N) is 1. The van der Waals surface area contributed by atoms with Gasteiger partial charge in [-0.1, -0.05) is 0 Å². The van der Waals surface area contributed by atoms with Crippen molar-refractivity contribution >= 4 is 38.1 Å². The van der Waals surface area contributed by atoms with Crippen LogP contribution in [0.4, 0.5) is 0 Å². The number of aromatic nitrogens is 1. The normalized spacial score (nSPS) is 15.2. The van der Waals surface area contributed by atoms with E-state index < -0.39 is 32.5 Å². The summed E-state index contributed by atoms with van der Waals surface area (Å²) in [4.78, 5) is 14.3. The molecule has 1 aromatic heterocycles. The second-order valence-electron chi connectivity index (χ2n) is 3.45. The molecule has 10 heteroatoms. The first kappa shape index (κ1) is 15.2. The molecule has 0 spiro atoms. The Morgan fingerprint density at radius 1 is 1.67 bits per heavy atom. The summed E-state index contributed by atoms with van der Waals surface area (Å²) in [7, 11) is -5.09. The van der Waals surface area contributed by atoms with Gasteiger partial charge in [0.1, 0.15) is 0 Å². The number of carboxylic acid groups (broad SMARTS) is 1. The summed E-state index contributed by atoms with van der Waals surface area (Å²) in [5.41, 5.74) is 0.650. The molecule has 2 atom stereocenters. The second kappa shape index (κ2) is 5.87.